The topological polar surface area (TPSA) is 33.1 Å². The predicted octanol–water partition coefficient (Wildman–Crippen LogP) is 2.33. The summed E-state index contributed by atoms with van der Waals surface area (Å²) in [7, 11) is 2.05. The molecule has 20 heavy (non-hydrogen) atoms. The second-order valence-electron chi connectivity index (χ2n) is 7.23. The first-order valence-corrected chi connectivity index (χ1v) is 7.78. The van der Waals surface area contributed by atoms with Gasteiger partial charge in [0.2, 0.25) is 0 Å². The van der Waals surface area contributed by atoms with Crippen LogP contribution in [0.4, 0.5) is 0 Å². The lowest BCUT2D eigenvalue weighted by molar-refractivity contribution is 0.0467. The fourth-order valence-electron chi connectivity index (χ4n) is 3.20. The molecule has 4 heteroatoms. The highest BCUT2D eigenvalue weighted by Crippen LogP contribution is 2.28. The highest BCUT2D eigenvalue weighted by Gasteiger charge is 2.35. The lowest BCUT2D eigenvalue weighted by Crippen LogP contribution is -2.60. The van der Waals surface area contributed by atoms with Gasteiger partial charge < -0.3 is 5.32 Å². The standard InChI is InChI=1S/C16H30N4/c1-7-13-10-20(15(9-17-13)16(3,4)5)11-14-8-12(2)18-19(14)6/h8,13,15,17H,7,9-11H2,1-6H3. The van der Waals surface area contributed by atoms with Crippen LogP contribution in [0.25, 0.3) is 0 Å². The maximum Gasteiger partial charge on any atom is 0.0597 e. The van der Waals surface area contributed by atoms with Crippen LogP contribution in [-0.2, 0) is 13.6 Å². The van der Waals surface area contributed by atoms with Crippen molar-refractivity contribution in [2.45, 2.75) is 59.7 Å². The summed E-state index contributed by atoms with van der Waals surface area (Å²) in [6.07, 6.45) is 1.19. The molecule has 1 aliphatic heterocycles. The third-order valence-corrected chi connectivity index (χ3v) is 4.45. The van der Waals surface area contributed by atoms with Crippen LogP contribution in [0.15, 0.2) is 6.07 Å². The van der Waals surface area contributed by atoms with E-state index in [1.165, 1.54) is 12.1 Å². The van der Waals surface area contributed by atoms with Crippen molar-refractivity contribution < 1.29 is 0 Å². The van der Waals surface area contributed by atoms with Gasteiger partial charge in [-0.25, -0.2) is 0 Å². The summed E-state index contributed by atoms with van der Waals surface area (Å²) in [4.78, 5) is 2.64. The molecule has 1 fully saturated rings. The fourth-order valence-corrected chi connectivity index (χ4v) is 3.20. The van der Waals surface area contributed by atoms with E-state index >= 15 is 0 Å². The molecule has 1 saturated heterocycles. The van der Waals surface area contributed by atoms with E-state index in [0.29, 0.717) is 17.5 Å². The van der Waals surface area contributed by atoms with Gasteiger partial charge in [0.1, 0.15) is 0 Å². The minimum atomic E-state index is 0.291. The molecule has 1 aromatic rings. The Labute approximate surface area is 123 Å². The number of aryl methyl sites for hydroxylation is 2. The van der Waals surface area contributed by atoms with E-state index < -0.39 is 0 Å². The van der Waals surface area contributed by atoms with Crippen LogP contribution in [-0.4, -0.2) is 39.9 Å². The maximum absolute atomic E-state index is 4.48. The molecule has 1 aromatic heterocycles. The Balaban J connectivity index is 2.17. The molecule has 0 radical (unpaired) electrons. The van der Waals surface area contributed by atoms with Crippen molar-refractivity contribution in [3.05, 3.63) is 17.5 Å². The Bertz CT molecular complexity index is 444. The van der Waals surface area contributed by atoms with Gasteiger partial charge in [0.15, 0.2) is 0 Å². The average Bonchev–Trinajstić information content (AvgIpc) is 2.66. The van der Waals surface area contributed by atoms with Crippen molar-refractivity contribution in [2.75, 3.05) is 13.1 Å². The van der Waals surface area contributed by atoms with E-state index in [1.807, 2.05) is 11.7 Å². The SMILES string of the molecule is CCC1CN(Cc2cc(C)nn2C)C(C(C)(C)C)CN1. The van der Waals surface area contributed by atoms with Crippen molar-refractivity contribution in [3.63, 3.8) is 0 Å². The summed E-state index contributed by atoms with van der Waals surface area (Å²) in [6, 6.07) is 3.39. The quantitative estimate of drug-likeness (QED) is 0.921. The molecular formula is C16H30N4. The molecule has 2 atom stereocenters. The lowest BCUT2D eigenvalue weighted by Gasteiger charge is -2.46. The summed E-state index contributed by atoms with van der Waals surface area (Å²) in [6.45, 7) is 14.6. The molecule has 0 spiro atoms. The zero-order valence-corrected chi connectivity index (χ0v) is 13.9. The summed E-state index contributed by atoms with van der Waals surface area (Å²) < 4.78 is 2.03. The zero-order chi connectivity index (χ0) is 14.9. The Morgan fingerprint density at radius 3 is 2.60 bits per heavy atom. The van der Waals surface area contributed by atoms with Gasteiger partial charge in [0.05, 0.1) is 11.4 Å². The second-order valence-corrected chi connectivity index (χ2v) is 7.23. The van der Waals surface area contributed by atoms with Crippen molar-refractivity contribution in [3.8, 4) is 0 Å². The largest absolute Gasteiger partial charge is 0.311 e. The van der Waals surface area contributed by atoms with Gasteiger partial charge in [-0.2, -0.15) is 5.10 Å². The molecule has 0 saturated carbocycles. The minimum Gasteiger partial charge on any atom is -0.311 e. The van der Waals surface area contributed by atoms with Crippen LogP contribution in [0.2, 0.25) is 0 Å². The summed E-state index contributed by atoms with van der Waals surface area (Å²) in [5.74, 6) is 0. The molecule has 2 unspecified atom stereocenters. The van der Waals surface area contributed by atoms with Crippen LogP contribution in [0.5, 0.6) is 0 Å². The summed E-state index contributed by atoms with van der Waals surface area (Å²) in [5, 5.41) is 8.17. The van der Waals surface area contributed by atoms with E-state index in [0.717, 1.165) is 25.3 Å². The first-order valence-electron chi connectivity index (χ1n) is 7.78. The number of rotatable bonds is 3. The van der Waals surface area contributed by atoms with E-state index in [2.05, 4.69) is 56.0 Å². The van der Waals surface area contributed by atoms with Crippen LogP contribution in [0.3, 0.4) is 0 Å². The van der Waals surface area contributed by atoms with Crippen LogP contribution >= 0.6 is 0 Å². The number of piperazine rings is 1. The Morgan fingerprint density at radius 2 is 2.10 bits per heavy atom. The summed E-state index contributed by atoms with van der Waals surface area (Å²) in [5.41, 5.74) is 2.71. The van der Waals surface area contributed by atoms with Crippen molar-refractivity contribution in [1.82, 2.24) is 20.0 Å². The number of nitrogens with one attached hydrogen (secondary N) is 1. The molecule has 0 aromatic carbocycles. The summed E-state index contributed by atoms with van der Waals surface area (Å²) >= 11 is 0. The minimum absolute atomic E-state index is 0.291. The number of aromatic nitrogens is 2. The first-order chi connectivity index (χ1) is 9.31. The Morgan fingerprint density at radius 1 is 1.40 bits per heavy atom. The van der Waals surface area contributed by atoms with Gasteiger partial charge in [0, 0.05) is 38.8 Å². The molecule has 0 bridgehead atoms. The Kier molecular flexibility index (Phi) is 4.55. The Hall–Kier alpha value is -0.870. The van der Waals surface area contributed by atoms with E-state index in [-0.39, 0.29) is 0 Å². The zero-order valence-electron chi connectivity index (χ0n) is 13.9. The van der Waals surface area contributed by atoms with Crippen LogP contribution in [0.1, 0.15) is 45.5 Å². The fraction of sp³-hybridized carbons (Fsp3) is 0.812. The van der Waals surface area contributed by atoms with Gasteiger partial charge in [0.25, 0.3) is 0 Å². The van der Waals surface area contributed by atoms with Crippen LogP contribution in [0, 0.1) is 12.3 Å². The molecule has 0 amide bonds. The van der Waals surface area contributed by atoms with E-state index in [9.17, 15) is 0 Å². The van der Waals surface area contributed by atoms with Crippen molar-refractivity contribution in [2.24, 2.45) is 12.5 Å². The molecule has 0 aliphatic carbocycles. The lowest BCUT2D eigenvalue weighted by atomic mass is 9.83. The van der Waals surface area contributed by atoms with Crippen molar-refractivity contribution >= 4 is 0 Å². The normalized spacial score (nSPS) is 25.1. The van der Waals surface area contributed by atoms with Gasteiger partial charge in [-0.3, -0.25) is 9.58 Å². The molecule has 1 N–H and O–H groups in total. The first kappa shape index (κ1) is 15.5. The highest BCUT2D eigenvalue weighted by atomic mass is 15.3. The molecule has 2 heterocycles. The smallest absolute Gasteiger partial charge is 0.0597 e. The van der Waals surface area contributed by atoms with Gasteiger partial charge >= 0.3 is 0 Å². The number of hydrogen-bond acceptors (Lipinski definition) is 3. The third-order valence-electron chi connectivity index (χ3n) is 4.45. The third kappa shape index (κ3) is 3.41. The van der Waals surface area contributed by atoms with E-state index in [4.69, 9.17) is 0 Å². The van der Waals surface area contributed by atoms with Gasteiger partial charge in [-0.1, -0.05) is 27.7 Å². The molecule has 4 nitrogen and oxygen atoms in total. The second kappa shape index (κ2) is 5.86. The number of hydrogen-bond donors (Lipinski definition) is 1. The molecule has 2 rings (SSSR count). The van der Waals surface area contributed by atoms with Crippen LogP contribution < -0.4 is 5.32 Å². The molecule has 114 valence electrons. The van der Waals surface area contributed by atoms with E-state index in [1.54, 1.807) is 0 Å². The maximum atomic E-state index is 4.48. The highest BCUT2D eigenvalue weighted by molar-refractivity contribution is 5.09. The number of nitrogens with zero attached hydrogens (tertiary/aromatic N) is 3. The molecular weight excluding hydrogens is 248 g/mol. The van der Waals surface area contributed by atoms with Crippen molar-refractivity contribution in [1.29, 1.82) is 0 Å². The van der Waals surface area contributed by atoms with Gasteiger partial charge in [-0.15, -0.1) is 0 Å². The molecule has 1 aliphatic rings. The monoisotopic (exact) mass is 278 g/mol. The average molecular weight is 278 g/mol. The predicted molar refractivity (Wildman–Crippen MR) is 83.7 cm³/mol. The van der Waals surface area contributed by atoms with Gasteiger partial charge in [-0.05, 0) is 24.8 Å².